The zero-order valence-corrected chi connectivity index (χ0v) is 5.77. The SMILES string of the molecule is COC(=O)c1cncc([O])n1. The van der Waals surface area contributed by atoms with E-state index >= 15 is 0 Å². The Morgan fingerprint density at radius 1 is 1.55 bits per heavy atom. The number of carbonyl (C=O) groups excluding carboxylic acids is 1. The highest BCUT2D eigenvalue weighted by Gasteiger charge is 2.07. The van der Waals surface area contributed by atoms with E-state index < -0.39 is 11.8 Å². The Kier molecular flexibility index (Phi) is 2.00. The molecule has 0 unspecified atom stereocenters. The number of esters is 1. The van der Waals surface area contributed by atoms with Crippen LogP contribution >= 0.6 is 0 Å². The molecule has 1 radical (unpaired) electrons. The minimum absolute atomic E-state index is 0.0694. The summed E-state index contributed by atoms with van der Waals surface area (Å²) in [4.78, 5) is 17.5. The van der Waals surface area contributed by atoms with Gasteiger partial charge in [0.15, 0.2) is 5.69 Å². The number of aromatic nitrogens is 2. The first kappa shape index (κ1) is 7.46. The Labute approximate surface area is 62.7 Å². The van der Waals surface area contributed by atoms with E-state index in [4.69, 9.17) is 0 Å². The van der Waals surface area contributed by atoms with Gasteiger partial charge in [-0.25, -0.2) is 4.79 Å². The highest BCUT2D eigenvalue weighted by atomic mass is 16.5. The molecule has 0 atom stereocenters. The van der Waals surface area contributed by atoms with Crippen LogP contribution in [0.5, 0.6) is 5.88 Å². The minimum atomic E-state index is -0.657. The maximum absolute atomic E-state index is 10.7. The smallest absolute Gasteiger partial charge is 0.358 e. The molecule has 1 heterocycles. The van der Waals surface area contributed by atoms with Crippen LogP contribution in [0.2, 0.25) is 0 Å². The van der Waals surface area contributed by atoms with Gasteiger partial charge in [-0.15, -0.1) is 0 Å². The monoisotopic (exact) mass is 153 g/mol. The standard InChI is InChI=1S/C6H5N2O3/c1-11-6(10)4-2-7-3-5(9)8-4/h2-3H,1H3. The molecule has 0 amide bonds. The van der Waals surface area contributed by atoms with E-state index in [2.05, 4.69) is 14.7 Å². The molecule has 1 rings (SSSR count). The van der Waals surface area contributed by atoms with Gasteiger partial charge in [-0.2, -0.15) is 4.98 Å². The summed E-state index contributed by atoms with van der Waals surface area (Å²) >= 11 is 0. The predicted molar refractivity (Wildman–Crippen MR) is 33.5 cm³/mol. The van der Waals surface area contributed by atoms with Crippen molar-refractivity contribution in [3.05, 3.63) is 18.1 Å². The van der Waals surface area contributed by atoms with Crippen LogP contribution in [0.15, 0.2) is 12.4 Å². The Bertz CT molecular complexity index is 274. The summed E-state index contributed by atoms with van der Waals surface area (Å²) in [6.45, 7) is 0. The van der Waals surface area contributed by atoms with Crippen LogP contribution < -0.4 is 0 Å². The maximum atomic E-state index is 10.7. The molecule has 0 aromatic carbocycles. The fourth-order valence-electron chi connectivity index (χ4n) is 0.551. The molecule has 0 N–H and O–H groups in total. The molecule has 0 aliphatic rings. The summed E-state index contributed by atoms with van der Waals surface area (Å²) in [5, 5.41) is 10.5. The van der Waals surface area contributed by atoms with E-state index in [1.165, 1.54) is 13.3 Å². The zero-order valence-electron chi connectivity index (χ0n) is 5.77. The number of methoxy groups -OCH3 is 1. The number of hydrogen-bond donors (Lipinski definition) is 0. The van der Waals surface area contributed by atoms with Gasteiger partial charge >= 0.3 is 5.97 Å². The third-order valence-electron chi connectivity index (χ3n) is 1.01. The zero-order chi connectivity index (χ0) is 8.27. The molecule has 5 nitrogen and oxygen atoms in total. The number of nitrogens with zero attached hydrogens (tertiary/aromatic N) is 2. The lowest BCUT2D eigenvalue weighted by molar-refractivity contribution is 0.0591. The predicted octanol–water partition coefficient (Wildman–Crippen LogP) is 0.407. The van der Waals surface area contributed by atoms with Gasteiger partial charge in [0.05, 0.1) is 19.5 Å². The Balaban J connectivity index is 2.96. The van der Waals surface area contributed by atoms with E-state index in [0.717, 1.165) is 6.20 Å². The molecule has 5 heteroatoms. The Morgan fingerprint density at radius 3 is 2.82 bits per heavy atom. The summed E-state index contributed by atoms with van der Waals surface area (Å²) in [7, 11) is 1.21. The first-order valence-electron chi connectivity index (χ1n) is 2.81. The molecule has 11 heavy (non-hydrogen) atoms. The van der Waals surface area contributed by atoms with E-state index in [-0.39, 0.29) is 5.69 Å². The van der Waals surface area contributed by atoms with Crippen LogP contribution in [0.4, 0.5) is 0 Å². The van der Waals surface area contributed by atoms with E-state index in [1.54, 1.807) is 0 Å². The third-order valence-corrected chi connectivity index (χ3v) is 1.01. The molecule has 0 aliphatic carbocycles. The first-order chi connectivity index (χ1) is 5.24. The van der Waals surface area contributed by atoms with E-state index in [9.17, 15) is 9.90 Å². The molecule has 1 aromatic rings. The van der Waals surface area contributed by atoms with Crippen molar-refractivity contribution in [3.8, 4) is 5.88 Å². The molecule has 0 bridgehead atoms. The van der Waals surface area contributed by atoms with Crippen LogP contribution in [0.3, 0.4) is 0 Å². The van der Waals surface area contributed by atoms with Gasteiger partial charge in [0.1, 0.15) is 0 Å². The van der Waals surface area contributed by atoms with Crippen LogP contribution in [0.1, 0.15) is 10.5 Å². The lowest BCUT2D eigenvalue weighted by Gasteiger charge is -1.94. The second kappa shape index (κ2) is 2.96. The van der Waals surface area contributed by atoms with Crippen molar-refractivity contribution in [2.24, 2.45) is 0 Å². The van der Waals surface area contributed by atoms with Crippen LogP contribution in [0.25, 0.3) is 0 Å². The molecule has 57 valence electrons. The van der Waals surface area contributed by atoms with Crippen LogP contribution in [-0.4, -0.2) is 23.0 Å². The summed E-state index contributed by atoms with van der Waals surface area (Å²) in [5.41, 5.74) is -0.0694. The average molecular weight is 153 g/mol. The van der Waals surface area contributed by atoms with Gasteiger partial charge in [0.2, 0.25) is 0 Å². The maximum Gasteiger partial charge on any atom is 0.358 e. The van der Waals surface area contributed by atoms with Crippen molar-refractivity contribution in [1.29, 1.82) is 0 Å². The summed E-state index contributed by atoms with van der Waals surface area (Å²) in [5.74, 6) is -1.21. The number of carbonyl (C=O) groups is 1. The van der Waals surface area contributed by atoms with Crippen molar-refractivity contribution >= 4 is 5.97 Å². The number of ether oxygens (including phenoxy) is 1. The Morgan fingerprint density at radius 2 is 2.27 bits per heavy atom. The average Bonchev–Trinajstić information content (AvgIpc) is 2.03. The molecular weight excluding hydrogens is 148 g/mol. The highest BCUT2D eigenvalue weighted by molar-refractivity contribution is 5.86. The normalized spacial score (nSPS) is 9.18. The first-order valence-corrected chi connectivity index (χ1v) is 2.81. The summed E-state index contributed by atoms with van der Waals surface area (Å²) < 4.78 is 4.31. The summed E-state index contributed by atoms with van der Waals surface area (Å²) in [6, 6.07) is 0. The molecule has 0 saturated heterocycles. The Hall–Kier alpha value is -1.65. The number of hydrogen-bond acceptors (Lipinski definition) is 4. The van der Waals surface area contributed by atoms with Crippen molar-refractivity contribution in [2.45, 2.75) is 0 Å². The molecule has 0 spiro atoms. The molecule has 0 fully saturated rings. The molecular formula is C6H5N2O3. The van der Waals surface area contributed by atoms with Gasteiger partial charge in [0, 0.05) is 0 Å². The summed E-state index contributed by atoms with van der Waals surface area (Å²) in [6.07, 6.45) is 2.19. The van der Waals surface area contributed by atoms with E-state index in [1.807, 2.05) is 0 Å². The lowest BCUT2D eigenvalue weighted by atomic mass is 10.4. The van der Waals surface area contributed by atoms with Crippen molar-refractivity contribution in [1.82, 2.24) is 9.97 Å². The van der Waals surface area contributed by atoms with Crippen LogP contribution in [0, 0.1) is 0 Å². The molecule has 0 saturated carbocycles. The van der Waals surface area contributed by atoms with Gasteiger partial charge in [-0.3, -0.25) is 10.1 Å². The second-order valence-electron chi connectivity index (χ2n) is 1.73. The van der Waals surface area contributed by atoms with Crippen molar-refractivity contribution in [2.75, 3.05) is 7.11 Å². The van der Waals surface area contributed by atoms with Crippen molar-refractivity contribution < 1.29 is 14.6 Å². The van der Waals surface area contributed by atoms with Crippen LogP contribution in [-0.2, 0) is 9.84 Å². The van der Waals surface area contributed by atoms with Crippen molar-refractivity contribution in [3.63, 3.8) is 0 Å². The topological polar surface area (TPSA) is 72.0 Å². The minimum Gasteiger partial charge on any atom is -0.464 e. The van der Waals surface area contributed by atoms with Gasteiger partial charge in [0.25, 0.3) is 5.88 Å². The lowest BCUT2D eigenvalue weighted by Crippen LogP contribution is -2.03. The fourth-order valence-corrected chi connectivity index (χ4v) is 0.551. The van der Waals surface area contributed by atoms with Gasteiger partial charge < -0.3 is 4.74 Å². The quantitative estimate of drug-likeness (QED) is 0.547. The third kappa shape index (κ3) is 1.64. The number of rotatable bonds is 1. The van der Waals surface area contributed by atoms with E-state index in [0.29, 0.717) is 0 Å². The molecule has 1 aromatic heterocycles. The largest absolute Gasteiger partial charge is 0.464 e. The molecule has 0 aliphatic heterocycles. The highest BCUT2D eigenvalue weighted by Crippen LogP contribution is 2.03. The second-order valence-corrected chi connectivity index (χ2v) is 1.73. The van der Waals surface area contributed by atoms with Gasteiger partial charge in [-0.05, 0) is 0 Å². The fraction of sp³-hybridized carbons (Fsp3) is 0.167. The van der Waals surface area contributed by atoms with Gasteiger partial charge in [-0.1, -0.05) is 0 Å².